The first-order valence-corrected chi connectivity index (χ1v) is 10.4. The minimum absolute atomic E-state index is 0.260. The molecule has 8 heteroatoms. The van der Waals surface area contributed by atoms with Crippen LogP contribution in [0.3, 0.4) is 0 Å². The van der Waals surface area contributed by atoms with E-state index in [9.17, 15) is 4.79 Å². The molecule has 2 fully saturated rings. The quantitative estimate of drug-likeness (QED) is 0.698. The van der Waals surface area contributed by atoms with E-state index in [4.69, 9.17) is 22.1 Å². The average molecular weight is 415 g/mol. The van der Waals surface area contributed by atoms with Crippen LogP contribution in [0.1, 0.15) is 12.0 Å². The molecule has 2 aliphatic heterocycles. The Balaban J connectivity index is 1.24. The van der Waals surface area contributed by atoms with E-state index in [-0.39, 0.29) is 12.1 Å². The van der Waals surface area contributed by atoms with Crippen molar-refractivity contribution < 1.29 is 9.53 Å². The van der Waals surface area contributed by atoms with Crippen molar-refractivity contribution in [2.45, 2.75) is 25.0 Å². The minimum Gasteiger partial charge on any atom is -0.431 e. The molecule has 2 saturated heterocycles. The van der Waals surface area contributed by atoms with Gasteiger partial charge in [-0.1, -0.05) is 41.1 Å². The van der Waals surface area contributed by atoms with Gasteiger partial charge in [0.2, 0.25) is 0 Å². The number of primary amides is 1. The van der Waals surface area contributed by atoms with Crippen molar-refractivity contribution in [2.75, 3.05) is 13.1 Å². The number of carbonyl (C=O) groups excluding carboxylic acids is 1. The number of fused-ring (bicyclic) bond motifs is 3. The molecule has 3 aromatic rings. The van der Waals surface area contributed by atoms with E-state index in [1.54, 1.807) is 4.90 Å². The Morgan fingerprint density at radius 2 is 2.04 bits per heavy atom. The smallest absolute Gasteiger partial charge is 0.315 e. The molecule has 1 aromatic heterocycles. The van der Waals surface area contributed by atoms with E-state index in [0.29, 0.717) is 16.3 Å². The molecule has 2 aromatic carbocycles. The standard InChI is InChI=1S/C20H19ClN4O2S/c21-16-2-1-3-17-18(16)28-20(23-17)27-15-6-4-12(5-7-15)9-24-10-14-8-13(24)11-25(14)19(22)26/h1-7,13-14H,8-11H2,(H2,22,26)/t13-,14-/m1/s1. The Kier molecular flexibility index (Phi) is 4.38. The zero-order valence-electron chi connectivity index (χ0n) is 15.0. The summed E-state index contributed by atoms with van der Waals surface area (Å²) in [6.45, 7) is 2.49. The third kappa shape index (κ3) is 3.19. The number of hydrogen-bond donors (Lipinski definition) is 1. The number of piperazine rings is 1. The Morgan fingerprint density at radius 1 is 1.21 bits per heavy atom. The van der Waals surface area contributed by atoms with Crippen LogP contribution < -0.4 is 10.5 Å². The van der Waals surface area contributed by atoms with E-state index >= 15 is 0 Å². The molecule has 0 unspecified atom stereocenters. The van der Waals surface area contributed by atoms with Gasteiger partial charge in [-0.15, -0.1) is 0 Å². The molecule has 2 aliphatic rings. The topological polar surface area (TPSA) is 71.7 Å². The summed E-state index contributed by atoms with van der Waals surface area (Å²) in [5.74, 6) is 0.752. The lowest BCUT2D eigenvalue weighted by molar-refractivity contribution is 0.137. The molecule has 0 aliphatic carbocycles. The van der Waals surface area contributed by atoms with Crippen LogP contribution in [0.4, 0.5) is 4.79 Å². The average Bonchev–Trinajstić information content (AvgIpc) is 3.37. The first-order chi connectivity index (χ1) is 13.6. The van der Waals surface area contributed by atoms with Gasteiger partial charge in [0, 0.05) is 31.7 Å². The van der Waals surface area contributed by atoms with Crippen LogP contribution in [0.15, 0.2) is 42.5 Å². The molecule has 144 valence electrons. The zero-order valence-corrected chi connectivity index (χ0v) is 16.6. The van der Waals surface area contributed by atoms with Crippen molar-refractivity contribution in [1.82, 2.24) is 14.8 Å². The highest BCUT2D eigenvalue weighted by Gasteiger charge is 2.44. The molecule has 3 heterocycles. The highest BCUT2D eigenvalue weighted by molar-refractivity contribution is 7.20. The number of nitrogens with two attached hydrogens (primary N) is 1. The molecule has 2 atom stereocenters. The Hall–Kier alpha value is -2.35. The maximum atomic E-state index is 11.4. The maximum Gasteiger partial charge on any atom is 0.315 e. The van der Waals surface area contributed by atoms with Crippen molar-refractivity contribution in [3.8, 4) is 10.9 Å². The van der Waals surface area contributed by atoms with Gasteiger partial charge in [0.05, 0.1) is 15.2 Å². The van der Waals surface area contributed by atoms with Crippen molar-refractivity contribution >= 4 is 39.2 Å². The lowest BCUT2D eigenvalue weighted by atomic mass is 10.2. The van der Waals surface area contributed by atoms with Gasteiger partial charge in [-0.05, 0) is 36.2 Å². The predicted octanol–water partition coefficient (Wildman–Crippen LogP) is 4.08. The largest absolute Gasteiger partial charge is 0.431 e. The third-order valence-corrected chi connectivity index (χ3v) is 6.91. The first kappa shape index (κ1) is 17.7. The number of thiazole rings is 1. The van der Waals surface area contributed by atoms with Crippen molar-refractivity contribution in [1.29, 1.82) is 0 Å². The number of ether oxygens (including phenoxy) is 1. The maximum absolute atomic E-state index is 11.4. The van der Waals surface area contributed by atoms with E-state index in [2.05, 4.69) is 22.0 Å². The number of hydrogen-bond acceptors (Lipinski definition) is 5. The van der Waals surface area contributed by atoms with Gasteiger partial charge in [-0.25, -0.2) is 9.78 Å². The predicted molar refractivity (Wildman–Crippen MR) is 110 cm³/mol. The fourth-order valence-electron chi connectivity index (χ4n) is 4.15. The number of benzene rings is 2. The van der Waals surface area contributed by atoms with Crippen molar-refractivity contribution in [2.24, 2.45) is 5.73 Å². The van der Waals surface area contributed by atoms with E-state index in [0.717, 1.165) is 42.0 Å². The van der Waals surface area contributed by atoms with Crippen LogP contribution in [-0.2, 0) is 6.54 Å². The van der Waals surface area contributed by atoms with E-state index in [1.807, 2.05) is 30.3 Å². The summed E-state index contributed by atoms with van der Waals surface area (Å²) in [4.78, 5) is 20.1. The van der Waals surface area contributed by atoms with Crippen molar-refractivity contribution in [3.63, 3.8) is 0 Å². The fraction of sp³-hybridized carbons (Fsp3) is 0.300. The summed E-state index contributed by atoms with van der Waals surface area (Å²) in [5.41, 5.74) is 7.50. The van der Waals surface area contributed by atoms with E-state index < -0.39 is 0 Å². The van der Waals surface area contributed by atoms with Crippen molar-refractivity contribution in [3.05, 3.63) is 53.1 Å². The van der Waals surface area contributed by atoms with Gasteiger partial charge < -0.3 is 15.4 Å². The number of rotatable bonds is 4. The number of likely N-dealkylation sites (tertiary alicyclic amines) is 2. The third-order valence-electron chi connectivity index (χ3n) is 5.50. The summed E-state index contributed by atoms with van der Waals surface area (Å²) >= 11 is 7.65. The van der Waals surface area contributed by atoms with Gasteiger partial charge in [-0.2, -0.15) is 0 Å². The molecule has 28 heavy (non-hydrogen) atoms. The van der Waals surface area contributed by atoms with E-state index in [1.165, 1.54) is 16.9 Å². The SMILES string of the molecule is NC(=O)N1C[C@H]2C[C@@H]1CN2Cc1ccc(Oc2nc3cccc(Cl)c3s2)cc1. The summed E-state index contributed by atoms with van der Waals surface area (Å²) < 4.78 is 6.85. The molecule has 6 nitrogen and oxygen atoms in total. The summed E-state index contributed by atoms with van der Waals surface area (Å²) in [5, 5.41) is 1.27. The van der Waals surface area contributed by atoms with Crippen LogP contribution >= 0.6 is 22.9 Å². The van der Waals surface area contributed by atoms with Crippen LogP contribution in [-0.4, -0.2) is 46.0 Å². The molecular formula is C20H19ClN4O2S. The molecule has 0 saturated carbocycles. The lowest BCUT2D eigenvalue weighted by Crippen LogP contribution is -2.50. The minimum atomic E-state index is -0.301. The summed E-state index contributed by atoms with van der Waals surface area (Å²) in [7, 11) is 0. The number of amides is 2. The zero-order chi connectivity index (χ0) is 19.3. The number of aromatic nitrogens is 1. The van der Waals surface area contributed by atoms with Gasteiger partial charge in [0.15, 0.2) is 0 Å². The van der Waals surface area contributed by atoms with Gasteiger partial charge in [-0.3, -0.25) is 4.90 Å². The number of urea groups is 1. The lowest BCUT2D eigenvalue weighted by Gasteiger charge is -2.33. The fourth-order valence-corrected chi connectivity index (χ4v) is 5.28. The molecule has 0 radical (unpaired) electrons. The van der Waals surface area contributed by atoms with Crippen LogP contribution in [0.25, 0.3) is 10.2 Å². The highest BCUT2D eigenvalue weighted by Crippen LogP contribution is 2.36. The van der Waals surface area contributed by atoms with Crippen LogP contribution in [0.5, 0.6) is 10.9 Å². The second-order valence-electron chi connectivity index (χ2n) is 7.28. The molecule has 2 bridgehead atoms. The summed E-state index contributed by atoms with van der Waals surface area (Å²) in [6, 6.07) is 14.1. The Labute approximate surface area is 171 Å². The first-order valence-electron chi connectivity index (χ1n) is 9.19. The number of nitrogens with zero attached hydrogens (tertiary/aromatic N) is 3. The van der Waals surface area contributed by atoms with Crippen LogP contribution in [0, 0.1) is 0 Å². The second kappa shape index (κ2) is 6.92. The van der Waals surface area contributed by atoms with Gasteiger partial charge in [0.1, 0.15) is 5.75 Å². The van der Waals surface area contributed by atoms with Gasteiger partial charge >= 0.3 is 6.03 Å². The molecule has 2 N–H and O–H groups in total. The number of halogens is 1. The monoisotopic (exact) mass is 414 g/mol. The highest BCUT2D eigenvalue weighted by atomic mass is 35.5. The van der Waals surface area contributed by atoms with Gasteiger partial charge in [0.25, 0.3) is 5.19 Å². The molecule has 5 rings (SSSR count). The summed E-state index contributed by atoms with van der Waals surface area (Å²) in [6.07, 6.45) is 1.02. The normalized spacial score (nSPS) is 21.5. The number of carbonyl (C=O) groups is 1. The molecule has 2 amide bonds. The molecule has 0 spiro atoms. The Morgan fingerprint density at radius 3 is 2.71 bits per heavy atom. The molecular weight excluding hydrogens is 396 g/mol. The Bertz CT molecular complexity index is 1040. The second-order valence-corrected chi connectivity index (χ2v) is 8.65. The van der Waals surface area contributed by atoms with Crippen LogP contribution in [0.2, 0.25) is 5.02 Å².